The van der Waals surface area contributed by atoms with Crippen LogP contribution in [0.25, 0.3) is 0 Å². The van der Waals surface area contributed by atoms with Gasteiger partial charge in [0, 0.05) is 13.0 Å². The fourth-order valence-electron chi connectivity index (χ4n) is 4.39. The van der Waals surface area contributed by atoms with Crippen LogP contribution in [0.5, 0.6) is 0 Å². The Morgan fingerprint density at radius 1 is 1.04 bits per heavy atom. The first-order valence-electron chi connectivity index (χ1n) is 10.4. The number of hydrogen-bond acceptors (Lipinski definition) is 4. The number of carboxylic acid groups (broad SMARTS) is 1. The van der Waals surface area contributed by atoms with Gasteiger partial charge in [0.1, 0.15) is 0 Å². The second kappa shape index (κ2) is 11.4. The third-order valence-electron chi connectivity index (χ3n) is 5.75. The molecule has 0 spiro atoms. The number of unbranched alkanes of at least 4 members (excludes halogenated alkanes) is 4. The maximum absolute atomic E-state index is 11.6. The van der Waals surface area contributed by atoms with Crippen molar-refractivity contribution in [3.8, 4) is 0 Å². The highest BCUT2D eigenvalue weighted by Crippen LogP contribution is 2.47. The quantitative estimate of drug-likeness (QED) is 0.477. The molecule has 150 valence electrons. The number of alkyl carbamates (subject to hydrolysis) is 1. The summed E-state index contributed by atoms with van der Waals surface area (Å²) in [6, 6.07) is 0. The van der Waals surface area contributed by atoms with Crippen molar-refractivity contribution >= 4 is 12.1 Å². The topological polar surface area (TPSA) is 84.9 Å². The average Bonchev–Trinajstić information content (AvgIpc) is 3.20. The summed E-state index contributed by atoms with van der Waals surface area (Å²) < 4.78 is 11.4. The summed E-state index contributed by atoms with van der Waals surface area (Å²) in [6.07, 6.45) is 11.0. The summed E-state index contributed by atoms with van der Waals surface area (Å²) in [5, 5.41) is 11.5. The summed E-state index contributed by atoms with van der Waals surface area (Å²) in [6.45, 7) is 3.23. The average molecular weight is 370 g/mol. The molecular formula is C20H35NO5. The monoisotopic (exact) mass is 369 g/mol. The molecule has 6 nitrogen and oxygen atoms in total. The molecule has 1 amide bonds. The molecule has 2 saturated heterocycles. The minimum absolute atomic E-state index is 0.275. The molecular weight excluding hydrogens is 334 g/mol. The van der Waals surface area contributed by atoms with Gasteiger partial charge in [-0.05, 0) is 50.4 Å². The molecule has 2 aliphatic heterocycles. The number of carboxylic acids is 1. The van der Waals surface area contributed by atoms with E-state index in [4.69, 9.17) is 14.6 Å². The van der Waals surface area contributed by atoms with Crippen LogP contribution >= 0.6 is 0 Å². The fourth-order valence-corrected chi connectivity index (χ4v) is 4.39. The fraction of sp³-hybridized carbons (Fsp3) is 0.900. The van der Waals surface area contributed by atoms with E-state index in [1.54, 1.807) is 0 Å². The minimum atomic E-state index is -0.703. The molecule has 2 aliphatic rings. The molecule has 0 radical (unpaired) electrons. The summed E-state index contributed by atoms with van der Waals surface area (Å²) in [5.74, 6) is 0.362. The maximum Gasteiger partial charge on any atom is 0.407 e. The highest BCUT2D eigenvalue weighted by atomic mass is 16.5. The smallest absolute Gasteiger partial charge is 0.407 e. The van der Waals surface area contributed by atoms with E-state index in [2.05, 4.69) is 12.2 Å². The lowest BCUT2D eigenvalue weighted by Crippen LogP contribution is -2.30. The van der Waals surface area contributed by atoms with E-state index in [1.165, 1.54) is 0 Å². The van der Waals surface area contributed by atoms with Crippen LogP contribution in [0, 0.1) is 11.8 Å². The zero-order chi connectivity index (χ0) is 18.8. The van der Waals surface area contributed by atoms with Crippen LogP contribution in [0.15, 0.2) is 0 Å². The Morgan fingerprint density at radius 3 is 2.42 bits per heavy atom. The highest BCUT2D eigenvalue weighted by molar-refractivity contribution is 5.67. The molecule has 0 aromatic carbocycles. The Hall–Kier alpha value is -1.30. The molecule has 26 heavy (non-hydrogen) atoms. The van der Waals surface area contributed by atoms with E-state index >= 15 is 0 Å². The van der Waals surface area contributed by atoms with E-state index in [-0.39, 0.29) is 12.5 Å². The molecule has 6 heteroatoms. The van der Waals surface area contributed by atoms with Crippen molar-refractivity contribution in [1.29, 1.82) is 0 Å². The van der Waals surface area contributed by atoms with E-state index in [1.807, 2.05) is 0 Å². The Morgan fingerprint density at radius 2 is 1.73 bits per heavy atom. The molecule has 4 atom stereocenters. The molecule has 2 bridgehead atoms. The van der Waals surface area contributed by atoms with Gasteiger partial charge in [-0.2, -0.15) is 0 Å². The summed E-state index contributed by atoms with van der Waals surface area (Å²) in [4.78, 5) is 22.2. The molecule has 0 unspecified atom stereocenters. The van der Waals surface area contributed by atoms with Crippen LogP contribution < -0.4 is 5.32 Å². The summed E-state index contributed by atoms with van der Waals surface area (Å²) >= 11 is 0. The van der Waals surface area contributed by atoms with Crippen molar-refractivity contribution in [3.05, 3.63) is 0 Å². The van der Waals surface area contributed by atoms with Gasteiger partial charge in [0.05, 0.1) is 18.8 Å². The first kappa shape index (κ1) is 21.0. The third kappa shape index (κ3) is 6.78. The Balaban J connectivity index is 1.63. The van der Waals surface area contributed by atoms with Gasteiger partial charge in [-0.15, -0.1) is 0 Å². The number of ether oxygens (including phenoxy) is 2. The molecule has 0 aliphatic carbocycles. The number of carbonyl (C=O) groups excluding carboxylic acids is 1. The Kier molecular flexibility index (Phi) is 9.23. The number of hydrogen-bond donors (Lipinski definition) is 2. The number of aliphatic carboxylic acids is 1. The zero-order valence-electron chi connectivity index (χ0n) is 16.1. The second-order valence-electron chi connectivity index (χ2n) is 7.67. The van der Waals surface area contributed by atoms with E-state index in [0.29, 0.717) is 37.2 Å². The third-order valence-corrected chi connectivity index (χ3v) is 5.75. The van der Waals surface area contributed by atoms with Gasteiger partial charge in [-0.25, -0.2) is 4.79 Å². The van der Waals surface area contributed by atoms with E-state index in [0.717, 1.165) is 64.2 Å². The van der Waals surface area contributed by atoms with Crippen LogP contribution in [0.4, 0.5) is 4.79 Å². The zero-order valence-corrected chi connectivity index (χ0v) is 16.1. The van der Waals surface area contributed by atoms with Crippen LogP contribution in [0.3, 0.4) is 0 Å². The van der Waals surface area contributed by atoms with Gasteiger partial charge >= 0.3 is 12.1 Å². The number of rotatable bonds is 13. The van der Waals surface area contributed by atoms with Crippen molar-refractivity contribution in [2.45, 2.75) is 89.8 Å². The van der Waals surface area contributed by atoms with Gasteiger partial charge in [-0.3, -0.25) is 4.79 Å². The van der Waals surface area contributed by atoms with Crippen molar-refractivity contribution in [2.75, 3.05) is 13.2 Å². The second-order valence-corrected chi connectivity index (χ2v) is 7.67. The maximum atomic E-state index is 11.6. The molecule has 2 fully saturated rings. The summed E-state index contributed by atoms with van der Waals surface area (Å²) in [5.41, 5.74) is 0. The standard InChI is InChI=1S/C20H35NO5/c1-2-3-13-21-20(24)25-14-12-16-15(17-10-11-18(16)26-17)8-6-4-5-7-9-19(22)23/h15-18H,2-14H2,1H3,(H,21,24)(H,22,23)/t15-,16-,17+,18-/m0/s1. The molecule has 2 N–H and O–H groups in total. The van der Waals surface area contributed by atoms with Crippen LogP contribution in [-0.2, 0) is 14.3 Å². The van der Waals surface area contributed by atoms with Crippen LogP contribution in [0.2, 0.25) is 0 Å². The Labute approximate surface area is 157 Å². The van der Waals surface area contributed by atoms with Crippen LogP contribution in [-0.4, -0.2) is 42.5 Å². The molecule has 0 aromatic heterocycles. The number of fused-ring (bicyclic) bond motifs is 2. The van der Waals surface area contributed by atoms with Gasteiger partial charge < -0.3 is 19.9 Å². The minimum Gasteiger partial charge on any atom is -0.481 e. The lowest BCUT2D eigenvalue weighted by Gasteiger charge is -2.28. The lowest BCUT2D eigenvalue weighted by molar-refractivity contribution is -0.137. The number of amides is 1. The van der Waals surface area contributed by atoms with E-state index < -0.39 is 5.97 Å². The van der Waals surface area contributed by atoms with E-state index in [9.17, 15) is 9.59 Å². The lowest BCUT2D eigenvalue weighted by atomic mass is 9.75. The number of nitrogens with one attached hydrogen (secondary N) is 1. The van der Waals surface area contributed by atoms with Crippen molar-refractivity contribution < 1.29 is 24.2 Å². The van der Waals surface area contributed by atoms with Crippen molar-refractivity contribution in [2.24, 2.45) is 11.8 Å². The SMILES string of the molecule is CCCCNC(=O)OCC[C@H]1[C@H](CCCCCCC(=O)O)[C@H]2CC[C@@H]1O2. The van der Waals surface area contributed by atoms with Gasteiger partial charge in [0.2, 0.25) is 0 Å². The predicted octanol–water partition coefficient (Wildman–Crippen LogP) is 4.12. The predicted molar refractivity (Wildman–Crippen MR) is 99.1 cm³/mol. The van der Waals surface area contributed by atoms with Crippen molar-refractivity contribution in [1.82, 2.24) is 5.32 Å². The summed E-state index contributed by atoms with van der Waals surface area (Å²) in [7, 11) is 0. The first-order chi connectivity index (χ1) is 12.6. The molecule has 2 rings (SSSR count). The van der Waals surface area contributed by atoms with Crippen molar-refractivity contribution in [3.63, 3.8) is 0 Å². The van der Waals surface area contributed by atoms with Gasteiger partial charge in [-0.1, -0.05) is 32.6 Å². The normalized spacial score (nSPS) is 26.8. The van der Waals surface area contributed by atoms with Gasteiger partial charge in [0.25, 0.3) is 0 Å². The molecule has 0 aromatic rings. The van der Waals surface area contributed by atoms with Gasteiger partial charge in [0.15, 0.2) is 0 Å². The largest absolute Gasteiger partial charge is 0.481 e. The molecule has 0 saturated carbocycles. The van der Waals surface area contributed by atoms with Crippen LogP contribution in [0.1, 0.15) is 77.6 Å². The number of carbonyl (C=O) groups is 2. The molecule has 2 heterocycles. The Bertz CT molecular complexity index is 442. The highest BCUT2D eigenvalue weighted by Gasteiger charge is 2.47. The first-order valence-corrected chi connectivity index (χ1v) is 10.4.